The van der Waals surface area contributed by atoms with Crippen LogP contribution < -0.4 is 5.32 Å². The maximum atomic E-state index is 12.0. The lowest BCUT2D eigenvalue weighted by Crippen LogP contribution is -2.24. The van der Waals surface area contributed by atoms with Crippen molar-refractivity contribution >= 4 is 33.4 Å². The Morgan fingerprint density at radius 1 is 0.958 bits per heavy atom. The van der Waals surface area contributed by atoms with Crippen LogP contribution in [0.15, 0.2) is 51.8 Å². The first kappa shape index (κ1) is 14.6. The van der Waals surface area contributed by atoms with E-state index in [1.165, 1.54) is 25.2 Å². The highest BCUT2D eigenvalue weighted by molar-refractivity contribution is 7.90. The van der Waals surface area contributed by atoms with Gasteiger partial charge in [-0.3, -0.25) is 14.5 Å². The molecule has 8 heteroatoms. The first-order valence-electron chi connectivity index (χ1n) is 7.06. The third-order valence-electron chi connectivity index (χ3n) is 3.98. The standard InChI is InChI=1S/C16H11N3O4S/c1-19-15(20)10-7-6-9(8-12(10)16(19)21)17-14-11-4-2-3-5-13(11)24(22,23)18-14/h2-8H,1H3,(H,17,18). The molecule has 1 N–H and O–H groups in total. The summed E-state index contributed by atoms with van der Waals surface area (Å²) >= 11 is 0. The van der Waals surface area contributed by atoms with Gasteiger partial charge in [0, 0.05) is 18.3 Å². The Hall–Kier alpha value is -3.00. The highest BCUT2D eigenvalue weighted by Gasteiger charge is 2.33. The van der Waals surface area contributed by atoms with Crippen LogP contribution in [0.25, 0.3) is 0 Å². The Morgan fingerprint density at radius 3 is 2.46 bits per heavy atom. The lowest BCUT2D eigenvalue weighted by Gasteiger charge is -2.07. The van der Waals surface area contributed by atoms with Gasteiger partial charge in [0.15, 0.2) is 5.84 Å². The molecule has 7 nitrogen and oxygen atoms in total. The number of fused-ring (bicyclic) bond motifs is 2. The fraction of sp³-hybridized carbons (Fsp3) is 0.0625. The number of benzene rings is 2. The zero-order valence-corrected chi connectivity index (χ0v) is 13.3. The molecule has 24 heavy (non-hydrogen) atoms. The minimum absolute atomic E-state index is 0.139. The molecule has 0 aromatic heterocycles. The molecule has 120 valence electrons. The number of nitrogens with zero attached hydrogens (tertiary/aromatic N) is 2. The van der Waals surface area contributed by atoms with Gasteiger partial charge in [-0.2, -0.15) is 8.42 Å². The van der Waals surface area contributed by atoms with Crippen LogP contribution in [0.2, 0.25) is 0 Å². The molecule has 0 bridgehead atoms. The summed E-state index contributed by atoms with van der Waals surface area (Å²) in [5.41, 5.74) is 1.56. The second kappa shape index (κ2) is 4.75. The summed E-state index contributed by atoms with van der Waals surface area (Å²) in [7, 11) is -2.30. The van der Waals surface area contributed by atoms with E-state index in [2.05, 4.69) is 9.71 Å². The molecule has 0 aliphatic carbocycles. The van der Waals surface area contributed by atoms with E-state index in [0.29, 0.717) is 16.8 Å². The number of amides is 2. The van der Waals surface area contributed by atoms with Gasteiger partial charge in [-0.15, -0.1) is 4.40 Å². The van der Waals surface area contributed by atoms with Crippen molar-refractivity contribution in [3.8, 4) is 0 Å². The fourth-order valence-corrected chi connectivity index (χ4v) is 3.95. The molecule has 2 aliphatic heterocycles. The summed E-state index contributed by atoms with van der Waals surface area (Å²) < 4.78 is 27.8. The van der Waals surface area contributed by atoms with Gasteiger partial charge < -0.3 is 5.32 Å². The van der Waals surface area contributed by atoms with E-state index in [1.54, 1.807) is 24.3 Å². The van der Waals surface area contributed by atoms with Crippen LogP contribution in [-0.4, -0.2) is 38.0 Å². The van der Waals surface area contributed by atoms with Crippen molar-refractivity contribution in [3.63, 3.8) is 0 Å². The lowest BCUT2D eigenvalue weighted by molar-refractivity contribution is 0.0693. The van der Waals surface area contributed by atoms with Gasteiger partial charge in [0.25, 0.3) is 21.8 Å². The molecular formula is C16H11N3O4S. The van der Waals surface area contributed by atoms with Crippen molar-refractivity contribution in [3.05, 3.63) is 59.2 Å². The smallest absolute Gasteiger partial charge is 0.285 e. The van der Waals surface area contributed by atoms with Crippen molar-refractivity contribution in [2.75, 3.05) is 12.4 Å². The normalized spacial score (nSPS) is 17.5. The number of hydrogen-bond acceptors (Lipinski definition) is 5. The van der Waals surface area contributed by atoms with Gasteiger partial charge in [-0.1, -0.05) is 12.1 Å². The number of hydrogen-bond donors (Lipinski definition) is 1. The van der Waals surface area contributed by atoms with E-state index in [-0.39, 0.29) is 28.1 Å². The summed E-state index contributed by atoms with van der Waals surface area (Å²) in [6, 6.07) is 11.2. The van der Waals surface area contributed by atoms with Crippen LogP contribution >= 0.6 is 0 Å². The first-order chi connectivity index (χ1) is 11.4. The van der Waals surface area contributed by atoms with Gasteiger partial charge >= 0.3 is 0 Å². The first-order valence-corrected chi connectivity index (χ1v) is 8.50. The van der Waals surface area contributed by atoms with E-state index < -0.39 is 10.0 Å². The Labute approximate surface area is 137 Å². The zero-order chi connectivity index (χ0) is 17.1. The highest BCUT2D eigenvalue weighted by atomic mass is 32.2. The summed E-state index contributed by atoms with van der Waals surface area (Å²) in [6.45, 7) is 0. The van der Waals surface area contributed by atoms with E-state index in [0.717, 1.165) is 4.90 Å². The van der Waals surface area contributed by atoms with Gasteiger partial charge in [0.05, 0.1) is 11.1 Å². The summed E-state index contributed by atoms with van der Waals surface area (Å²) in [6.07, 6.45) is 0. The quantitative estimate of drug-likeness (QED) is 0.793. The highest BCUT2D eigenvalue weighted by Crippen LogP contribution is 2.29. The van der Waals surface area contributed by atoms with Crippen LogP contribution in [0.1, 0.15) is 26.3 Å². The summed E-state index contributed by atoms with van der Waals surface area (Å²) in [5, 5.41) is 2.92. The third-order valence-corrected chi connectivity index (χ3v) is 5.32. The number of imide groups is 1. The molecule has 0 atom stereocenters. The Morgan fingerprint density at radius 2 is 1.67 bits per heavy atom. The third kappa shape index (κ3) is 1.96. The number of nitrogens with one attached hydrogen (secondary N) is 1. The van der Waals surface area contributed by atoms with Crippen LogP contribution in [0, 0.1) is 0 Å². The number of carbonyl (C=O) groups is 2. The van der Waals surface area contributed by atoms with Crippen molar-refractivity contribution in [1.82, 2.24) is 4.90 Å². The molecule has 0 spiro atoms. The summed E-state index contributed by atoms with van der Waals surface area (Å²) in [5.74, 6) is -0.552. The molecule has 0 fully saturated rings. The van der Waals surface area contributed by atoms with Gasteiger partial charge in [0.2, 0.25) is 0 Å². The Kier molecular flexibility index (Phi) is 2.88. The predicted octanol–water partition coefficient (Wildman–Crippen LogP) is 1.47. The van der Waals surface area contributed by atoms with Gasteiger partial charge in [-0.05, 0) is 30.3 Å². The van der Waals surface area contributed by atoms with Crippen molar-refractivity contribution in [1.29, 1.82) is 0 Å². The minimum Gasteiger partial charge on any atom is -0.339 e. The second-order valence-electron chi connectivity index (χ2n) is 5.47. The van der Waals surface area contributed by atoms with Crippen molar-refractivity contribution in [2.24, 2.45) is 4.40 Å². The Balaban J connectivity index is 1.74. The molecule has 0 radical (unpaired) electrons. The van der Waals surface area contributed by atoms with Crippen molar-refractivity contribution < 1.29 is 18.0 Å². The minimum atomic E-state index is -3.72. The van der Waals surface area contributed by atoms with E-state index in [4.69, 9.17) is 0 Å². The van der Waals surface area contributed by atoms with Gasteiger partial charge in [0.1, 0.15) is 4.90 Å². The molecule has 2 aliphatic rings. The maximum absolute atomic E-state index is 12.0. The van der Waals surface area contributed by atoms with Crippen LogP contribution in [0.5, 0.6) is 0 Å². The molecule has 0 saturated heterocycles. The van der Waals surface area contributed by atoms with Crippen molar-refractivity contribution in [2.45, 2.75) is 4.90 Å². The zero-order valence-electron chi connectivity index (χ0n) is 12.5. The van der Waals surface area contributed by atoms with Crippen LogP contribution in [-0.2, 0) is 10.0 Å². The molecule has 2 amide bonds. The molecule has 0 unspecified atom stereocenters. The second-order valence-corrected chi connectivity index (χ2v) is 7.04. The van der Waals surface area contributed by atoms with Gasteiger partial charge in [-0.25, -0.2) is 0 Å². The summed E-state index contributed by atoms with van der Waals surface area (Å²) in [4.78, 5) is 25.1. The number of sulfonamides is 1. The molecule has 0 saturated carbocycles. The number of carbonyl (C=O) groups excluding carboxylic acids is 2. The average molecular weight is 341 g/mol. The maximum Gasteiger partial charge on any atom is 0.285 e. The van der Waals surface area contributed by atoms with E-state index in [9.17, 15) is 18.0 Å². The topological polar surface area (TPSA) is 95.9 Å². The number of amidine groups is 1. The van der Waals surface area contributed by atoms with Crippen LogP contribution in [0.3, 0.4) is 0 Å². The predicted molar refractivity (Wildman–Crippen MR) is 86.7 cm³/mol. The monoisotopic (exact) mass is 341 g/mol. The van der Waals surface area contributed by atoms with Crippen LogP contribution in [0.4, 0.5) is 5.69 Å². The molecule has 2 aromatic carbocycles. The average Bonchev–Trinajstić information content (AvgIpc) is 2.95. The number of rotatable bonds is 1. The van der Waals surface area contributed by atoms with E-state index >= 15 is 0 Å². The fourth-order valence-electron chi connectivity index (χ4n) is 2.77. The molecule has 4 rings (SSSR count). The largest absolute Gasteiger partial charge is 0.339 e. The molecule has 2 heterocycles. The number of anilines is 1. The SMILES string of the molecule is CN1C(=O)c2ccc(NC3=NS(=O)(=O)c4ccccc43)cc2C1=O. The molecule has 2 aromatic rings. The Bertz CT molecular complexity index is 1060. The molecular weight excluding hydrogens is 330 g/mol. The lowest BCUT2D eigenvalue weighted by atomic mass is 10.1. The van der Waals surface area contributed by atoms with E-state index in [1.807, 2.05) is 0 Å².